The Kier molecular flexibility index (Phi) is 3.91. The van der Waals surface area contributed by atoms with Crippen LogP contribution < -0.4 is 0 Å². The molecule has 16 heavy (non-hydrogen) atoms. The Bertz CT molecular complexity index is 221. The highest BCUT2D eigenvalue weighted by Crippen LogP contribution is 2.38. The smallest absolute Gasteiger partial charge is 0.0555 e. The topological polar surface area (TPSA) is 23.5 Å². The predicted octanol–water partition coefficient (Wildman–Crippen LogP) is 2.66. The van der Waals surface area contributed by atoms with Gasteiger partial charge in [-0.3, -0.25) is 4.90 Å². The van der Waals surface area contributed by atoms with Crippen LogP contribution in [0.25, 0.3) is 0 Å². The molecule has 3 atom stereocenters. The van der Waals surface area contributed by atoms with Gasteiger partial charge in [0.1, 0.15) is 0 Å². The minimum Gasteiger partial charge on any atom is -0.393 e. The van der Waals surface area contributed by atoms with Crippen molar-refractivity contribution >= 4 is 0 Å². The van der Waals surface area contributed by atoms with Gasteiger partial charge in [-0.15, -0.1) is 0 Å². The first-order valence-electron chi connectivity index (χ1n) is 7.07. The summed E-state index contributed by atoms with van der Waals surface area (Å²) in [7, 11) is 0. The third-order valence-corrected chi connectivity index (χ3v) is 4.50. The quantitative estimate of drug-likeness (QED) is 0.795. The van der Waals surface area contributed by atoms with E-state index in [0.29, 0.717) is 6.04 Å². The average molecular weight is 225 g/mol. The van der Waals surface area contributed by atoms with E-state index in [0.717, 1.165) is 37.3 Å². The molecule has 94 valence electrons. The van der Waals surface area contributed by atoms with Gasteiger partial charge in [-0.2, -0.15) is 0 Å². The molecule has 0 radical (unpaired) electrons. The Morgan fingerprint density at radius 3 is 2.38 bits per heavy atom. The van der Waals surface area contributed by atoms with Crippen LogP contribution in [0.3, 0.4) is 0 Å². The number of aliphatic hydroxyl groups excluding tert-OH is 1. The van der Waals surface area contributed by atoms with E-state index in [9.17, 15) is 5.11 Å². The van der Waals surface area contributed by atoms with Crippen LogP contribution in [0.4, 0.5) is 0 Å². The molecule has 0 saturated heterocycles. The minimum absolute atomic E-state index is 0.0483. The molecule has 2 heteroatoms. The summed E-state index contributed by atoms with van der Waals surface area (Å²) in [6.45, 7) is 8.12. The Labute approximate surface area is 100 Å². The van der Waals surface area contributed by atoms with E-state index < -0.39 is 0 Å². The molecule has 0 heterocycles. The zero-order chi connectivity index (χ0) is 11.7. The van der Waals surface area contributed by atoms with Gasteiger partial charge in [0.05, 0.1) is 6.10 Å². The summed E-state index contributed by atoms with van der Waals surface area (Å²) in [6.07, 6.45) is 5.95. The standard InChI is InChI=1S/C14H27NO/c1-4-15(11-5-6-11)14-9-12(16)7-8-13(14)10(2)3/h10-14,16H,4-9H2,1-3H3. The number of hydrogen-bond donors (Lipinski definition) is 1. The highest BCUT2D eigenvalue weighted by atomic mass is 16.3. The van der Waals surface area contributed by atoms with E-state index in [1.807, 2.05) is 0 Å². The van der Waals surface area contributed by atoms with Gasteiger partial charge in [-0.1, -0.05) is 20.8 Å². The van der Waals surface area contributed by atoms with E-state index >= 15 is 0 Å². The molecule has 0 aromatic carbocycles. The Morgan fingerprint density at radius 1 is 1.19 bits per heavy atom. The van der Waals surface area contributed by atoms with Crippen molar-refractivity contribution in [2.24, 2.45) is 11.8 Å². The largest absolute Gasteiger partial charge is 0.393 e. The lowest BCUT2D eigenvalue weighted by Gasteiger charge is -2.43. The number of aliphatic hydroxyl groups is 1. The lowest BCUT2D eigenvalue weighted by molar-refractivity contribution is 0.0101. The van der Waals surface area contributed by atoms with Gasteiger partial charge in [0.25, 0.3) is 0 Å². The van der Waals surface area contributed by atoms with Gasteiger partial charge < -0.3 is 5.11 Å². The first-order chi connectivity index (χ1) is 7.63. The van der Waals surface area contributed by atoms with Crippen molar-refractivity contribution in [3.05, 3.63) is 0 Å². The van der Waals surface area contributed by atoms with Crippen LogP contribution in [0.2, 0.25) is 0 Å². The second kappa shape index (κ2) is 5.05. The lowest BCUT2D eigenvalue weighted by Crippen LogP contribution is -2.48. The van der Waals surface area contributed by atoms with Crippen LogP contribution in [0.15, 0.2) is 0 Å². The SMILES string of the molecule is CCN(C1CC1)C1CC(O)CCC1C(C)C. The van der Waals surface area contributed by atoms with Gasteiger partial charge in [-0.25, -0.2) is 0 Å². The minimum atomic E-state index is -0.0483. The second-order valence-corrected chi connectivity index (χ2v) is 6.00. The van der Waals surface area contributed by atoms with Gasteiger partial charge >= 0.3 is 0 Å². The molecule has 0 spiro atoms. The lowest BCUT2D eigenvalue weighted by atomic mass is 9.76. The molecule has 0 aromatic heterocycles. The van der Waals surface area contributed by atoms with Crippen LogP contribution >= 0.6 is 0 Å². The van der Waals surface area contributed by atoms with Gasteiger partial charge in [0, 0.05) is 12.1 Å². The highest BCUT2D eigenvalue weighted by Gasteiger charge is 2.40. The summed E-state index contributed by atoms with van der Waals surface area (Å²) in [4.78, 5) is 2.67. The molecule has 2 aliphatic carbocycles. The fourth-order valence-corrected chi connectivity index (χ4v) is 3.48. The molecule has 2 rings (SSSR count). The average Bonchev–Trinajstić information content (AvgIpc) is 3.03. The number of rotatable bonds is 4. The molecule has 2 fully saturated rings. The maximum atomic E-state index is 9.90. The van der Waals surface area contributed by atoms with Gasteiger partial charge in [0.2, 0.25) is 0 Å². The number of nitrogens with zero attached hydrogens (tertiary/aromatic N) is 1. The summed E-state index contributed by atoms with van der Waals surface area (Å²) in [5, 5.41) is 9.90. The molecular formula is C14H27NO. The van der Waals surface area contributed by atoms with Crippen LogP contribution in [0, 0.1) is 11.8 Å². The molecular weight excluding hydrogens is 198 g/mol. The Hall–Kier alpha value is -0.0800. The maximum absolute atomic E-state index is 9.90. The Balaban J connectivity index is 2.05. The van der Waals surface area contributed by atoms with E-state index in [1.165, 1.54) is 19.3 Å². The third kappa shape index (κ3) is 2.60. The summed E-state index contributed by atoms with van der Waals surface area (Å²) < 4.78 is 0. The van der Waals surface area contributed by atoms with Crippen molar-refractivity contribution in [3.63, 3.8) is 0 Å². The monoisotopic (exact) mass is 225 g/mol. The molecule has 2 nitrogen and oxygen atoms in total. The summed E-state index contributed by atoms with van der Waals surface area (Å²) in [6, 6.07) is 1.47. The fourth-order valence-electron chi connectivity index (χ4n) is 3.48. The third-order valence-electron chi connectivity index (χ3n) is 4.50. The van der Waals surface area contributed by atoms with Gasteiger partial charge in [-0.05, 0) is 50.5 Å². The van der Waals surface area contributed by atoms with Gasteiger partial charge in [0.15, 0.2) is 0 Å². The number of hydrogen-bond acceptors (Lipinski definition) is 2. The Morgan fingerprint density at radius 2 is 1.88 bits per heavy atom. The van der Waals surface area contributed by atoms with Crippen LogP contribution in [0.1, 0.15) is 52.9 Å². The van der Waals surface area contributed by atoms with Crippen LogP contribution in [-0.4, -0.2) is 34.7 Å². The zero-order valence-corrected chi connectivity index (χ0v) is 11.0. The van der Waals surface area contributed by atoms with E-state index in [-0.39, 0.29) is 6.10 Å². The second-order valence-electron chi connectivity index (χ2n) is 6.00. The summed E-state index contributed by atoms with van der Waals surface area (Å²) >= 11 is 0. The van der Waals surface area contributed by atoms with Crippen molar-refractivity contribution in [2.75, 3.05) is 6.54 Å². The van der Waals surface area contributed by atoms with Crippen LogP contribution in [0.5, 0.6) is 0 Å². The fraction of sp³-hybridized carbons (Fsp3) is 1.00. The molecule has 0 aliphatic heterocycles. The highest BCUT2D eigenvalue weighted by molar-refractivity contribution is 4.94. The molecule has 2 saturated carbocycles. The van der Waals surface area contributed by atoms with Crippen molar-refractivity contribution in [3.8, 4) is 0 Å². The molecule has 0 amide bonds. The van der Waals surface area contributed by atoms with Crippen molar-refractivity contribution < 1.29 is 5.11 Å². The van der Waals surface area contributed by atoms with Crippen molar-refractivity contribution in [1.29, 1.82) is 0 Å². The van der Waals surface area contributed by atoms with E-state index in [4.69, 9.17) is 0 Å². The molecule has 0 aromatic rings. The molecule has 0 bridgehead atoms. The normalized spacial score (nSPS) is 36.0. The summed E-state index contributed by atoms with van der Waals surface area (Å²) in [5.74, 6) is 1.55. The van der Waals surface area contributed by atoms with Crippen LogP contribution in [-0.2, 0) is 0 Å². The molecule has 1 N–H and O–H groups in total. The predicted molar refractivity (Wildman–Crippen MR) is 67.4 cm³/mol. The zero-order valence-electron chi connectivity index (χ0n) is 11.0. The van der Waals surface area contributed by atoms with E-state index in [1.54, 1.807) is 0 Å². The van der Waals surface area contributed by atoms with Crippen molar-refractivity contribution in [2.45, 2.75) is 71.1 Å². The molecule has 3 unspecified atom stereocenters. The first kappa shape index (κ1) is 12.4. The molecule has 2 aliphatic rings. The maximum Gasteiger partial charge on any atom is 0.0555 e. The van der Waals surface area contributed by atoms with Crippen molar-refractivity contribution in [1.82, 2.24) is 4.90 Å². The summed E-state index contributed by atoms with van der Waals surface area (Å²) in [5.41, 5.74) is 0. The first-order valence-corrected chi connectivity index (χ1v) is 7.07. The van der Waals surface area contributed by atoms with E-state index in [2.05, 4.69) is 25.7 Å².